The van der Waals surface area contributed by atoms with E-state index in [-0.39, 0.29) is 24.8 Å². The van der Waals surface area contributed by atoms with Crippen LogP contribution in [0.4, 0.5) is 0 Å². The van der Waals surface area contributed by atoms with Crippen LogP contribution in [0.5, 0.6) is 5.75 Å². The molecule has 2 rings (SSSR count). The molecule has 0 aromatic heterocycles. The van der Waals surface area contributed by atoms with Crippen LogP contribution in [0.2, 0.25) is 0 Å². The van der Waals surface area contributed by atoms with E-state index in [1.165, 1.54) is 7.11 Å². The van der Waals surface area contributed by atoms with Gasteiger partial charge in [-0.3, -0.25) is 4.79 Å². The highest BCUT2D eigenvalue weighted by Crippen LogP contribution is 2.13. The first kappa shape index (κ1) is 21.0. The van der Waals surface area contributed by atoms with Crippen molar-refractivity contribution < 1.29 is 19.4 Å². The van der Waals surface area contributed by atoms with E-state index in [4.69, 9.17) is 4.74 Å². The number of hydrogen-bond donors (Lipinski definition) is 2. The average molecular weight is 366 g/mol. The smallest absolute Gasteiger partial charge is 0.309 e. The Morgan fingerprint density at radius 3 is 2.44 bits per heavy atom. The minimum Gasteiger partial charge on any atom is -0.492 e. The summed E-state index contributed by atoms with van der Waals surface area (Å²) >= 11 is 0. The number of hydrogen-bond acceptors (Lipinski definition) is 5. The van der Waals surface area contributed by atoms with Crippen LogP contribution < -0.4 is 10.1 Å². The molecule has 1 unspecified atom stereocenters. The molecule has 6 heteroatoms. The van der Waals surface area contributed by atoms with Gasteiger partial charge in [0.05, 0.1) is 19.6 Å². The number of esters is 1. The first-order valence-corrected chi connectivity index (χ1v) is 7.91. The maximum Gasteiger partial charge on any atom is 0.309 e. The van der Waals surface area contributed by atoms with Crippen molar-refractivity contribution in [3.8, 4) is 5.75 Å². The third-order valence-electron chi connectivity index (χ3n) is 3.57. The molecule has 1 atom stereocenters. The molecule has 0 aliphatic heterocycles. The molecule has 0 bridgehead atoms. The zero-order chi connectivity index (χ0) is 17.2. The quantitative estimate of drug-likeness (QED) is 0.528. The topological polar surface area (TPSA) is 67.8 Å². The summed E-state index contributed by atoms with van der Waals surface area (Å²) < 4.78 is 10.2. The van der Waals surface area contributed by atoms with Crippen molar-refractivity contribution >= 4 is 18.4 Å². The van der Waals surface area contributed by atoms with E-state index >= 15 is 0 Å². The lowest BCUT2D eigenvalue weighted by molar-refractivity contribution is -0.139. The molecule has 0 aliphatic carbocycles. The summed E-state index contributed by atoms with van der Waals surface area (Å²) in [6.07, 6.45) is -0.265. The van der Waals surface area contributed by atoms with Crippen molar-refractivity contribution in [1.29, 1.82) is 0 Å². The fourth-order valence-electron chi connectivity index (χ4n) is 2.22. The van der Waals surface area contributed by atoms with Crippen molar-refractivity contribution in [2.45, 2.75) is 12.5 Å². The largest absolute Gasteiger partial charge is 0.492 e. The molecule has 0 spiro atoms. The maximum absolute atomic E-state index is 11.2. The second kappa shape index (κ2) is 11.5. The minimum absolute atomic E-state index is 0. The van der Waals surface area contributed by atoms with Gasteiger partial charge < -0.3 is 19.9 Å². The van der Waals surface area contributed by atoms with E-state index in [9.17, 15) is 9.90 Å². The van der Waals surface area contributed by atoms with Gasteiger partial charge in [-0.15, -0.1) is 12.4 Å². The highest BCUT2D eigenvalue weighted by molar-refractivity contribution is 5.85. The molecule has 136 valence electrons. The summed E-state index contributed by atoms with van der Waals surface area (Å²) in [4.78, 5) is 11.2. The second-order valence-electron chi connectivity index (χ2n) is 5.38. The van der Waals surface area contributed by atoms with Crippen LogP contribution in [0.15, 0.2) is 54.6 Å². The van der Waals surface area contributed by atoms with Crippen molar-refractivity contribution in [2.24, 2.45) is 0 Å². The Morgan fingerprint density at radius 2 is 1.80 bits per heavy atom. The van der Waals surface area contributed by atoms with Crippen LogP contribution >= 0.6 is 12.4 Å². The molecule has 0 saturated carbocycles. The molecule has 2 N–H and O–H groups in total. The number of carbonyl (C=O) groups is 1. The maximum atomic E-state index is 11.2. The van der Waals surface area contributed by atoms with Crippen LogP contribution in [-0.2, 0) is 16.0 Å². The van der Waals surface area contributed by atoms with Gasteiger partial charge in [-0.1, -0.05) is 42.5 Å². The Morgan fingerprint density at radius 1 is 1.12 bits per heavy atom. The van der Waals surface area contributed by atoms with E-state index in [0.717, 1.165) is 16.9 Å². The Hall–Kier alpha value is -2.08. The van der Waals surface area contributed by atoms with Gasteiger partial charge in [0.25, 0.3) is 0 Å². The van der Waals surface area contributed by atoms with Crippen LogP contribution in [0, 0.1) is 0 Å². The Labute approximate surface area is 154 Å². The first-order chi connectivity index (χ1) is 11.7. The highest BCUT2D eigenvalue weighted by Gasteiger charge is 2.06. The van der Waals surface area contributed by atoms with Crippen molar-refractivity contribution in [2.75, 3.05) is 26.8 Å². The van der Waals surface area contributed by atoms with Gasteiger partial charge in [-0.05, 0) is 23.3 Å². The van der Waals surface area contributed by atoms with E-state index in [2.05, 4.69) is 10.1 Å². The highest BCUT2D eigenvalue weighted by atomic mass is 35.5. The molecule has 0 aliphatic rings. The summed E-state index contributed by atoms with van der Waals surface area (Å²) in [6, 6.07) is 16.9. The number of nitrogens with one attached hydrogen (secondary N) is 1. The lowest BCUT2D eigenvalue weighted by Crippen LogP contribution is -2.26. The predicted molar refractivity (Wildman–Crippen MR) is 99.2 cm³/mol. The summed E-state index contributed by atoms with van der Waals surface area (Å²) in [6.45, 7) is 1.61. The summed E-state index contributed by atoms with van der Waals surface area (Å²) in [5.74, 6) is 0.485. The SMILES string of the molecule is COC(=O)Cc1ccc(OCCNCC(O)c2ccccc2)cc1.Cl. The zero-order valence-electron chi connectivity index (χ0n) is 14.2. The summed E-state index contributed by atoms with van der Waals surface area (Å²) in [5.41, 5.74) is 1.78. The predicted octanol–water partition coefficient (Wildman–Crippen LogP) is 2.53. The monoisotopic (exact) mass is 365 g/mol. The van der Waals surface area contributed by atoms with Crippen LogP contribution in [0.1, 0.15) is 17.2 Å². The van der Waals surface area contributed by atoms with Gasteiger partial charge >= 0.3 is 5.97 Å². The van der Waals surface area contributed by atoms with Gasteiger partial charge in [-0.25, -0.2) is 0 Å². The van der Waals surface area contributed by atoms with Crippen molar-refractivity contribution in [3.63, 3.8) is 0 Å². The fourth-order valence-corrected chi connectivity index (χ4v) is 2.22. The second-order valence-corrected chi connectivity index (χ2v) is 5.38. The molecule has 25 heavy (non-hydrogen) atoms. The number of carbonyl (C=O) groups excluding carboxylic acids is 1. The molecular weight excluding hydrogens is 342 g/mol. The average Bonchev–Trinajstić information content (AvgIpc) is 2.63. The molecule has 0 fully saturated rings. The molecule has 5 nitrogen and oxygen atoms in total. The van der Waals surface area contributed by atoms with Crippen LogP contribution in [-0.4, -0.2) is 37.9 Å². The number of aliphatic hydroxyl groups is 1. The molecule has 0 saturated heterocycles. The molecule has 2 aromatic rings. The molecule has 2 aromatic carbocycles. The van der Waals surface area contributed by atoms with Gasteiger partial charge in [0, 0.05) is 13.1 Å². The number of methoxy groups -OCH3 is 1. The Kier molecular flexibility index (Phi) is 9.62. The normalized spacial score (nSPS) is 11.3. The number of benzene rings is 2. The Bertz CT molecular complexity index is 619. The molecule has 0 heterocycles. The molecule has 0 radical (unpaired) electrons. The van der Waals surface area contributed by atoms with Gasteiger partial charge in [0.15, 0.2) is 0 Å². The lowest BCUT2D eigenvalue weighted by atomic mass is 10.1. The third-order valence-corrected chi connectivity index (χ3v) is 3.57. The minimum atomic E-state index is -0.524. The number of halogens is 1. The van der Waals surface area contributed by atoms with E-state index in [0.29, 0.717) is 19.7 Å². The Balaban J connectivity index is 0.00000312. The molecule has 0 amide bonds. The standard InChI is InChI=1S/C19H23NO4.ClH/c1-23-19(22)13-15-7-9-17(10-8-15)24-12-11-20-14-18(21)16-5-3-2-4-6-16;/h2-10,18,20-21H,11-14H2,1H3;1H. The fraction of sp³-hybridized carbons (Fsp3) is 0.316. The van der Waals surface area contributed by atoms with Crippen LogP contribution in [0.3, 0.4) is 0 Å². The van der Waals surface area contributed by atoms with Gasteiger partial charge in [-0.2, -0.15) is 0 Å². The van der Waals surface area contributed by atoms with E-state index in [1.54, 1.807) is 0 Å². The van der Waals surface area contributed by atoms with Gasteiger partial charge in [0.2, 0.25) is 0 Å². The van der Waals surface area contributed by atoms with Crippen molar-refractivity contribution in [1.82, 2.24) is 5.32 Å². The van der Waals surface area contributed by atoms with Crippen LogP contribution in [0.25, 0.3) is 0 Å². The van der Waals surface area contributed by atoms with E-state index in [1.807, 2.05) is 54.6 Å². The van der Waals surface area contributed by atoms with E-state index < -0.39 is 6.10 Å². The first-order valence-electron chi connectivity index (χ1n) is 7.91. The number of aliphatic hydroxyl groups excluding tert-OH is 1. The third kappa shape index (κ3) is 7.56. The summed E-state index contributed by atoms with van der Waals surface area (Å²) in [7, 11) is 1.38. The lowest BCUT2D eigenvalue weighted by Gasteiger charge is -2.12. The number of rotatable bonds is 9. The zero-order valence-corrected chi connectivity index (χ0v) is 15.0. The van der Waals surface area contributed by atoms with Gasteiger partial charge in [0.1, 0.15) is 12.4 Å². The number of ether oxygens (including phenoxy) is 2. The molecular formula is C19H24ClNO4. The van der Waals surface area contributed by atoms with Crippen molar-refractivity contribution in [3.05, 3.63) is 65.7 Å². The summed E-state index contributed by atoms with van der Waals surface area (Å²) in [5, 5.41) is 13.2.